The molecule has 2 atom stereocenters. The molecule has 0 saturated heterocycles. The first-order chi connectivity index (χ1) is 10.0. The number of carboxylic acids is 1. The number of carboxylic acid groups (broad SMARTS) is 1. The highest BCUT2D eigenvalue weighted by Gasteiger charge is 2.38. The molecule has 2 rings (SSSR count). The number of hydrogen-bond donors (Lipinski definition) is 2. The predicted octanol–water partition coefficient (Wildman–Crippen LogP) is 1.64. The lowest BCUT2D eigenvalue weighted by Crippen LogP contribution is -2.51. The molecule has 0 radical (unpaired) electrons. The SMILES string of the molecule is CCOCC(C)NC(=O)N1c2ccccc2C[C@H]1C(=O)O. The number of fused-ring (bicyclic) bond motifs is 1. The van der Waals surface area contributed by atoms with Gasteiger partial charge in [-0.05, 0) is 25.5 Å². The zero-order chi connectivity index (χ0) is 15.4. The lowest BCUT2D eigenvalue weighted by Gasteiger charge is -2.25. The number of urea groups is 1. The number of para-hydroxylation sites is 1. The molecule has 1 heterocycles. The molecule has 0 bridgehead atoms. The summed E-state index contributed by atoms with van der Waals surface area (Å²) in [6, 6.07) is 5.82. The van der Waals surface area contributed by atoms with Crippen LogP contribution in [0.15, 0.2) is 24.3 Å². The van der Waals surface area contributed by atoms with Crippen LogP contribution in [0.25, 0.3) is 0 Å². The first-order valence-electron chi connectivity index (χ1n) is 7.02. The van der Waals surface area contributed by atoms with Crippen molar-refractivity contribution in [1.29, 1.82) is 0 Å². The summed E-state index contributed by atoms with van der Waals surface area (Å²) in [5.41, 5.74) is 1.53. The number of anilines is 1. The van der Waals surface area contributed by atoms with Gasteiger partial charge in [0.1, 0.15) is 6.04 Å². The molecule has 1 aromatic rings. The number of carbonyl (C=O) groups excluding carboxylic acids is 1. The van der Waals surface area contributed by atoms with E-state index in [0.717, 1.165) is 5.56 Å². The maximum atomic E-state index is 12.4. The molecular formula is C15H20N2O4. The van der Waals surface area contributed by atoms with Crippen molar-refractivity contribution in [3.05, 3.63) is 29.8 Å². The van der Waals surface area contributed by atoms with Crippen molar-refractivity contribution in [2.75, 3.05) is 18.1 Å². The number of amides is 2. The molecule has 0 saturated carbocycles. The first kappa shape index (κ1) is 15.3. The smallest absolute Gasteiger partial charge is 0.327 e. The van der Waals surface area contributed by atoms with Gasteiger partial charge in [-0.15, -0.1) is 0 Å². The van der Waals surface area contributed by atoms with Crippen LogP contribution in [-0.4, -0.2) is 42.4 Å². The van der Waals surface area contributed by atoms with Gasteiger partial charge >= 0.3 is 12.0 Å². The van der Waals surface area contributed by atoms with Gasteiger partial charge in [-0.3, -0.25) is 4.90 Å². The molecule has 0 aliphatic carbocycles. The third-order valence-corrected chi connectivity index (χ3v) is 3.42. The van der Waals surface area contributed by atoms with E-state index >= 15 is 0 Å². The van der Waals surface area contributed by atoms with Crippen molar-refractivity contribution < 1.29 is 19.4 Å². The largest absolute Gasteiger partial charge is 0.480 e. The molecule has 1 aliphatic rings. The Labute approximate surface area is 123 Å². The highest BCUT2D eigenvalue weighted by molar-refractivity contribution is 6.01. The van der Waals surface area contributed by atoms with Gasteiger partial charge < -0.3 is 15.2 Å². The van der Waals surface area contributed by atoms with Crippen LogP contribution >= 0.6 is 0 Å². The Kier molecular flexibility index (Phi) is 4.80. The molecule has 0 aromatic heterocycles. The van der Waals surface area contributed by atoms with Crippen molar-refractivity contribution in [1.82, 2.24) is 5.32 Å². The fraction of sp³-hybridized carbons (Fsp3) is 0.467. The van der Waals surface area contributed by atoms with E-state index in [2.05, 4.69) is 5.32 Å². The summed E-state index contributed by atoms with van der Waals surface area (Å²) < 4.78 is 5.25. The normalized spacial score (nSPS) is 18.2. The summed E-state index contributed by atoms with van der Waals surface area (Å²) in [5, 5.41) is 12.1. The Hall–Kier alpha value is -2.08. The van der Waals surface area contributed by atoms with Crippen molar-refractivity contribution in [3.63, 3.8) is 0 Å². The van der Waals surface area contributed by atoms with Gasteiger partial charge in [0.2, 0.25) is 0 Å². The second-order valence-electron chi connectivity index (χ2n) is 5.07. The minimum atomic E-state index is -1.00. The van der Waals surface area contributed by atoms with Crippen LogP contribution in [-0.2, 0) is 16.0 Å². The average Bonchev–Trinajstić information content (AvgIpc) is 2.84. The van der Waals surface area contributed by atoms with E-state index in [4.69, 9.17) is 4.74 Å². The Morgan fingerprint density at radius 2 is 2.19 bits per heavy atom. The molecule has 0 spiro atoms. The maximum Gasteiger partial charge on any atom is 0.327 e. The third kappa shape index (κ3) is 3.33. The number of hydrogen-bond acceptors (Lipinski definition) is 3. The van der Waals surface area contributed by atoms with Gasteiger partial charge in [-0.1, -0.05) is 18.2 Å². The van der Waals surface area contributed by atoms with Gasteiger partial charge in [0.15, 0.2) is 0 Å². The molecule has 114 valence electrons. The first-order valence-corrected chi connectivity index (χ1v) is 7.02. The van der Waals surface area contributed by atoms with E-state index in [1.807, 2.05) is 26.0 Å². The van der Waals surface area contributed by atoms with Crippen LogP contribution in [0.1, 0.15) is 19.4 Å². The maximum absolute atomic E-state index is 12.4. The second-order valence-corrected chi connectivity index (χ2v) is 5.07. The highest BCUT2D eigenvalue weighted by atomic mass is 16.5. The van der Waals surface area contributed by atoms with Crippen molar-refractivity contribution in [2.45, 2.75) is 32.4 Å². The number of ether oxygens (including phenoxy) is 1. The number of carbonyl (C=O) groups is 2. The van der Waals surface area contributed by atoms with E-state index in [9.17, 15) is 14.7 Å². The number of aliphatic carboxylic acids is 1. The van der Waals surface area contributed by atoms with Crippen molar-refractivity contribution >= 4 is 17.7 Å². The minimum absolute atomic E-state index is 0.181. The van der Waals surface area contributed by atoms with Crippen molar-refractivity contribution in [2.24, 2.45) is 0 Å². The van der Waals surface area contributed by atoms with Gasteiger partial charge in [0, 0.05) is 18.7 Å². The second kappa shape index (κ2) is 6.58. The van der Waals surface area contributed by atoms with Crippen LogP contribution in [0.5, 0.6) is 0 Å². The molecule has 21 heavy (non-hydrogen) atoms. The van der Waals surface area contributed by atoms with Gasteiger partial charge in [0.25, 0.3) is 0 Å². The number of benzene rings is 1. The summed E-state index contributed by atoms with van der Waals surface area (Å²) in [5.74, 6) is -1.00. The quantitative estimate of drug-likeness (QED) is 0.864. The summed E-state index contributed by atoms with van der Waals surface area (Å²) in [6.07, 6.45) is 0.332. The average molecular weight is 292 g/mol. The van der Waals surface area contributed by atoms with Crippen LogP contribution in [0.4, 0.5) is 10.5 Å². The molecular weight excluding hydrogens is 272 g/mol. The van der Waals surface area contributed by atoms with E-state index in [1.165, 1.54) is 4.90 Å². The monoisotopic (exact) mass is 292 g/mol. The minimum Gasteiger partial charge on any atom is -0.480 e. The predicted molar refractivity (Wildman–Crippen MR) is 78.5 cm³/mol. The Bertz CT molecular complexity index is 532. The Morgan fingerprint density at radius 1 is 1.48 bits per heavy atom. The number of nitrogens with one attached hydrogen (secondary N) is 1. The van der Waals surface area contributed by atoms with Gasteiger partial charge in [-0.2, -0.15) is 0 Å². The van der Waals surface area contributed by atoms with Crippen LogP contribution in [0, 0.1) is 0 Å². The van der Waals surface area contributed by atoms with E-state index < -0.39 is 18.0 Å². The Morgan fingerprint density at radius 3 is 2.86 bits per heavy atom. The molecule has 1 unspecified atom stereocenters. The summed E-state index contributed by atoms with van der Waals surface area (Å²) in [4.78, 5) is 25.1. The van der Waals surface area contributed by atoms with Crippen LogP contribution in [0.2, 0.25) is 0 Å². The topological polar surface area (TPSA) is 78.9 Å². The standard InChI is InChI=1S/C15H20N2O4/c1-3-21-9-10(2)16-15(20)17-12-7-5-4-6-11(12)8-13(17)14(18)19/h4-7,10,13H,3,8-9H2,1-2H3,(H,16,20)(H,18,19)/t10?,13-/m0/s1. The van der Waals surface area contributed by atoms with E-state index in [1.54, 1.807) is 12.1 Å². The lowest BCUT2D eigenvalue weighted by atomic mass is 10.1. The summed E-state index contributed by atoms with van der Waals surface area (Å²) in [6.45, 7) is 4.68. The lowest BCUT2D eigenvalue weighted by molar-refractivity contribution is -0.138. The fourth-order valence-electron chi connectivity index (χ4n) is 2.45. The summed E-state index contributed by atoms with van der Waals surface area (Å²) in [7, 11) is 0. The molecule has 6 heteroatoms. The zero-order valence-corrected chi connectivity index (χ0v) is 12.2. The van der Waals surface area contributed by atoms with Gasteiger partial charge in [-0.25, -0.2) is 9.59 Å². The number of rotatable bonds is 5. The molecule has 0 fully saturated rings. The Balaban J connectivity index is 2.15. The summed E-state index contributed by atoms with van der Waals surface area (Å²) >= 11 is 0. The molecule has 1 aromatic carbocycles. The zero-order valence-electron chi connectivity index (χ0n) is 12.2. The number of nitrogens with zero attached hydrogens (tertiary/aromatic N) is 1. The van der Waals surface area contributed by atoms with Crippen LogP contribution < -0.4 is 10.2 Å². The van der Waals surface area contributed by atoms with E-state index in [0.29, 0.717) is 25.3 Å². The van der Waals surface area contributed by atoms with Crippen LogP contribution in [0.3, 0.4) is 0 Å². The molecule has 2 amide bonds. The van der Waals surface area contributed by atoms with Crippen molar-refractivity contribution in [3.8, 4) is 0 Å². The molecule has 1 aliphatic heterocycles. The highest BCUT2D eigenvalue weighted by Crippen LogP contribution is 2.32. The van der Waals surface area contributed by atoms with E-state index in [-0.39, 0.29) is 6.04 Å². The molecule has 6 nitrogen and oxygen atoms in total. The fourth-order valence-corrected chi connectivity index (χ4v) is 2.45. The molecule has 2 N–H and O–H groups in total. The third-order valence-electron chi connectivity index (χ3n) is 3.42. The van der Waals surface area contributed by atoms with Gasteiger partial charge in [0.05, 0.1) is 12.6 Å².